The Labute approximate surface area is 108 Å². The number of hydrogen-bond donors (Lipinski definition) is 1. The summed E-state index contributed by atoms with van der Waals surface area (Å²) in [5.74, 6) is 0.794. The number of nitrogens with zero attached hydrogens (tertiary/aromatic N) is 3. The van der Waals surface area contributed by atoms with E-state index < -0.39 is 0 Å². The third kappa shape index (κ3) is 2.18. The number of benzene rings is 1. The van der Waals surface area contributed by atoms with E-state index in [0.29, 0.717) is 11.1 Å². The van der Waals surface area contributed by atoms with E-state index in [1.165, 1.54) is 0 Å². The van der Waals surface area contributed by atoms with E-state index in [9.17, 15) is 0 Å². The maximum Gasteiger partial charge on any atom is 0.156 e. The average Bonchev–Trinajstić information content (AvgIpc) is 2.68. The maximum absolute atomic E-state index is 5.69. The van der Waals surface area contributed by atoms with E-state index in [-0.39, 0.29) is 0 Å². The Morgan fingerprint density at radius 3 is 2.76 bits per heavy atom. The first kappa shape index (κ1) is 12.1. The van der Waals surface area contributed by atoms with Gasteiger partial charge in [-0.25, -0.2) is 4.68 Å². The van der Waals surface area contributed by atoms with Gasteiger partial charge >= 0.3 is 0 Å². The van der Waals surface area contributed by atoms with Crippen LogP contribution in [0, 0.1) is 0 Å². The lowest BCUT2D eigenvalue weighted by Crippen LogP contribution is -2.01. The minimum absolute atomic E-state index is 0.430. The van der Waals surface area contributed by atoms with Crippen molar-refractivity contribution in [1.29, 1.82) is 0 Å². The van der Waals surface area contributed by atoms with Crippen molar-refractivity contribution in [3.8, 4) is 17.0 Å². The Morgan fingerprint density at radius 1 is 1.47 bits per heavy atom. The Hall–Kier alpha value is -1.40. The van der Waals surface area contributed by atoms with Gasteiger partial charge < -0.3 is 10.5 Å². The topological polar surface area (TPSA) is 66.0 Å². The SMILES string of the molecule is COc1ccc(-c2c(Br)nnn2C)cc1CN. The van der Waals surface area contributed by atoms with E-state index >= 15 is 0 Å². The highest BCUT2D eigenvalue weighted by Crippen LogP contribution is 2.29. The van der Waals surface area contributed by atoms with Crippen molar-refractivity contribution in [1.82, 2.24) is 15.0 Å². The summed E-state index contributed by atoms with van der Waals surface area (Å²) in [6.45, 7) is 0.430. The first-order valence-electron chi connectivity index (χ1n) is 5.10. The molecule has 1 heterocycles. The van der Waals surface area contributed by atoms with Gasteiger partial charge in [0.25, 0.3) is 0 Å². The Kier molecular flexibility index (Phi) is 3.44. The van der Waals surface area contributed by atoms with E-state index in [1.807, 2.05) is 25.2 Å². The van der Waals surface area contributed by atoms with E-state index in [1.54, 1.807) is 11.8 Å². The predicted octanol–water partition coefficient (Wildman–Crippen LogP) is 1.71. The van der Waals surface area contributed by atoms with Gasteiger partial charge in [0.1, 0.15) is 11.4 Å². The van der Waals surface area contributed by atoms with Gasteiger partial charge in [-0.1, -0.05) is 5.21 Å². The molecular weight excluding hydrogens is 284 g/mol. The highest BCUT2D eigenvalue weighted by Gasteiger charge is 2.12. The fourth-order valence-electron chi connectivity index (χ4n) is 1.72. The molecule has 0 aliphatic heterocycles. The summed E-state index contributed by atoms with van der Waals surface area (Å²) in [7, 11) is 3.48. The van der Waals surface area contributed by atoms with Gasteiger partial charge in [-0.3, -0.25) is 0 Å². The molecule has 90 valence electrons. The van der Waals surface area contributed by atoms with Crippen molar-refractivity contribution in [2.75, 3.05) is 7.11 Å². The number of aromatic nitrogens is 3. The summed E-state index contributed by atoms with van der Waals surface area (Å²) in [5, 5.41) is 7.91. The van der Waals surface area contributed by atoms with E-state index in [2.05, 4.69) is 26.2 Å². The summed E-state index contributed by atoms with van der Waals surface area (Å²) < 4.78 is 7.67. The molecule has 0 unspecified atom stereocenters. The van der Waals surface area contributed by atoms with Gasteiger partial charge in [-0.05, 0) is 34.1 Å². The van der Waals surface area contributed by atoms with Crippen molar-refractivity contribution < 1.29 is 4.74 Å². The van der Waals surface area contributed by atoms with Gasteiger partial charge in [-0.2, -0.15) is 0 Å². The van der Waals surface area contributed by atoms with Gasteiger partial charge in [-0.15, -0.1) is 5.10 Å². The van der Waals surface area contributed by atoms with Crippen molar-refractivity contribution in [3.05, 3.63) is 28.4 Å². The molecule has 0 bridgehead atoms. The van der Waals surface area contributed by atoms with Crippen molar-refractivity contribution >= 4 is 15.9 Å². The summed E-state index contributed by atoms with van der Waals surface area (Å²) in [6, 6.07) is 5.85. The molecule has 6 heteroatoms. The quantitative estimate of drug-likeness (QED) is 0.936. The number of rotatable bonds is 3. The number of nitrogens with two attached hydrogens (primary N) is 1. The van der Waals surface area contributed by atoms with Crippen molar-refractivity contribution in [2.24, 2.45) is 12.8 Å². The van der Waals surface area contributed by atoms with Gasteiger partial charge in [0, 0.05) is 24.7 Å². The van der Waals surface area contributed by atoms with Crippen LogP contribution in [-0.4, -0.2) is 22.1 Å². The van der Waals surface area contributed by atoms with Crippen LogP contribution in [0.5, 0.6) is 5.75 Å². The molecule has 2 N–H and O–H groups in total. The smallest absolute Gasteiger partial charge is 0.156 e. The summed E-state index contributed by atoms with van der Waals surface area (Å²) in [6.07, 6.45) is 0. The number of aryl methyl sites for hydroxylation is 1. The monoisotopic (exact) mass is 296 g/mol. The summed E-state index contributed by atoms with van der Waals surface area (Å²) >= 11 is 3.38. The minimum atomic E-state index is 0.430. The highest BCUT2D eigenvalue weighted by atomic mass is 79.9. The Morgan fingerprint density at radius 2 is 2.24 bits per heavy atom. The second-order valence-corrected chi connectivity index (χ2v) is 4.33. The highest BCUT2D eigenvalue weighted by molar-refractivity contribution is 9.10. The van der Waals surface area contributed by atoms with Crippen LogP contribution in [0.15, 0.2) is 22.8 Å². The van der Waals surface area contributed by atoms with Crippen molar-refractivity contribution in [2.45, 2.75) is 6.54 Å². The van der Waals surface area contributed by atoms with Crippen LogP contribution in [0.3, 0.4) is 0 Å². The van der Waals surface area contributed by atoms with Crippen LogP contribution < -0.4 is 10.5 Å². The molecule has 0 amide bonds. The zero-order valence-electron chi connectivity index (χ0n) is 9.64. The standard InChI is InChI=1S/C11H13BrN4O/c1-16-10(11(12)14-15-16)7-3-4-9(17-2)8(5-7)6-13/h3-5H,6,13H2,1-2H3. The number of methoxy groups -OCH3 is 1. The molecule has 0 radical (unpaired) electrons. The zero-order valence-corrected chi connectivity index (χ0v) is 11.2. The molecule has 0 fully saturated rings. The fraction of sp³-hybridized carbons (Fsp3) is 0.273. The summed E-state index contributed by atoms with van der Waals surface area (Å²) in [5.41, 5.74) is 8.58. The molecule has 0 spiro atoms. The molecule has 0 saturated heterocycles. The molecule has 0 atom stereocenters. The lowest BCUT2D eigenvalue weighted by molar-refractivity contribution is 0.410. The minimum Gasteiger partial charge on any atom is -0.496 e. The van der Waals surface area contributed by atoms with Crippen LogP contribution in [0.1, 0.15) is 5.56 Å². The predicted molar refractivity (Wildman–Crippen MR) is 68.6 cm³/mol. The first-order chi connectivity index (χ1) is 8.17. The number of hydrogen-bond acceptors (Lipinski definition) is 4. The zero-order chi connectivity index (χ0) is 12.4. The normalized spacial score (nSPS) is 10.6. The van der Waals surface area contributed by atoms with Crippen LogP contribution in [0.25, 0.3) is 11.3 Å². The third-order valence-electron chi connectivity index (χ3n) is 2.56. The fourth-order valence-corrected chi connectivity index (χ4v) is 2.28. The molecule has 1 aromatic heterocycles. The molecule has 17 heavy (non-hydrogen) atoms. The van der Waals surface area contributed by atoms with Gasteiger partial charge in [0.05, 0.1) is 7.11 Å². The van der Waals surface area contributed by atoms with Gasteiger partial charge in [0.15, 0.2) is 4.60 Å². The molecule has 1 aromatic carbocycles. The molecular formula is C11H13BrN4O. The van der Waals surface area contributed by atoms with Crippen LogP contribution >= 0.6 is 15.9 Å². The second-order valence-electron chi connectivity index (χ2n) is 3.58. The molecule has 0 aliphatic rings. The number of halogens is 1. The third-order valence-corrected chi connectivity index (χ3v) is 3.09. The van der Waals surface area contributed by atoms with Crippen LogP contribution in [0.4, 0.5) is 0 Å². The first-order valence-corrected chi connectivity index (χ1v) is 5.89. The molecule has 2 rings (SSSR count). The molecule has 5 nitrogen and oxygen atoms in total. The molecule has 0 aliphatic carbocycles. The van der Waals surface area contributed by atoms with E-state index in [4.69, 9.17) is 10.5 Å². The second kappa shape index (κ2) is 4.85. The lowest BCUT2D eigenvalue weighted by atomic mass is 10.1. The molecule has 2 aromatic rings. The van der Waals surface area contributed by atoms with Gasteiger partial charge in [0.2, 0.25) is 0 Å². The maximum atomic E-state index is 5.69. The van der Waals surface area contributed by atoms with Crippen LogP contribution in [-0.2, 0) is 13.6 Å². The van der Waals surface area contributed by atoms with E-state index in [0.717, 1.165) is 22.6 Å². The number of ether oxygens (including phenoxy) is 1. The lowest BCUT2D eigenvalue weighted by Gasteiger charge is -2.09. The summed E-state index contributed by atoms with van der Waals surface area (Å²) in [4.78, 5) is 0. The average molecular weight is 297 g/mol. The Bertz CT molecular complexity index is 519. The van der Waals surface area contributed by atoms with Crippen LogP contribution in [0.2, 0.25) is 0 Å². The Balaban J connectivity index is 2.54. The largest absolute Gasteiger partial charge is 0.496 e. The molecule has 0 saturated carbocycles. The van der Waals surface area contributed by atoms with Crippen molar-refractivity contribution in [3.63, 3.8) is 0 Å².